The normalized spacial score (nSPS) is 41.1. The van der Waals surface area contributed by atoms with Gasteiger partial charge in [0.1, 0.15) is 0 Å². The number of rotatable bonds is 2. The molecule has 0 radical (unpaired) electrons. The van der Waals surface area contributed by atoms with E-state index in [1.54, 1.807) is 0 Å². The maximum atomic E-state index is 11.1. The van der Waals surface area contributed by atoms with E-state index in [4.69, 9.17) is 5.11 Å². The molecule has 2 aliphatic rings. The highest BCUT2D eigenvalue weighted by molar-refractivity contribution is 5.71. The molecule has 0 aromatic rings. The minimum Gasteiger partial charge on any atom is -0.481 e. The molecule has 92 valence electrons. The van der Waals surface area contributed by atoms with Crippen molar-refractivity contribution in [2.24, 2.45) is 17.8 Å². The summed E-state index contributed by atoms with van der Waals surface area (Å²) in [5.74, 6) is 0.378. The summed E-state index contributed by atoms with van der Waals surface area (Å²) >= 11 is 0. The second-order valence-electron chi connectivity index (χ2n) is 5.80. The molecule has 0 bridgehead atoms. The van der Waals surface area contributed by atoms with Crippen molar-refractivity contribution in [1.29, 1.82) is 0 Å². The van der Waals surface area contributed by atoms with Crippen molar-refractivity contribution in [3.63, 3.8) is 0 Å². The van der Waals surface area contributed by atoms with Crippen LogP contribution in [0.2, 0.25) is 0 Å². The molecule has 3 nitrogen and oxygen atoms in total. The lowest BCUT2D eigenvalue weighted by atomic mass is 9.86. The first-order valence-corrected chi connectivity index (χ1v) is 6.54. The van der Waals surface area contributed by atoms with E-state index in [0.29, 0.717) is 12.0 Å². The predicted octanol–water partition coefficient (Wildman–Crippen LogP) is 2.22. The molecule has 1 aliphatic heterocycles. The number of carboxylic acids is 1. The Hall–Kier alpha value is -0.570. The predicted molar refractivity (Wildman–Crippen MR) is 63.3 cm³/mol. The van der Waals surface area contributed by atoms with E-state index in [1.165, 1.54) is 25.7 Å². The van der Waals surface area contributed by atoms with Crippen molar-refractivity contribution >= 4 is 5.97 Å². The third kappa shape index (κ3) is 2.40. The van der Waals surface area contributed by atoms with Gasteiger partial charge in [-0.3, -0.25) is 9.69 Å². The van der Waals surface area contributed by atoms with Crippen molar-refractivity contribution in [3.8, 4) is 0 Å². The second-order valence-corrected chi connectivity index (χ2v) is 5.80. The van der Waals surface area contributed by atoms with Crippen molar-refractivity contribution in [2.75, 3.05) is 13.1 Å². The van der Waals surface area contributed by atoms with Crippen LogP contribution >= 0.6 is 0 Å². The number of nitrogens with zero attached hydrogens (tertiary/aromatic N) is 1. The fourth-order valence-electron chi connectivity index (χ4n) is 3.36. The molecule has 0 aromatic carbocycles. The standard InChI is InChI=1S/C13H23NO2/c1-9-4-3-5-11(6-9)14-7-10(2)12(8-14)13(15)16/h9-12H,3-8H2,1-2H3,(H,15,16). The van der Waals surface area contributed by atoms with Crippen molar-refractivity contribution in [2.45, 2.75) is 45.6 Å². The van der Waals surface area contributed by atoms with Crippen LogP contribution in [0, 0.1) is 17.8 Å². The average molecular weight is 225 g/mol. The SMILES string of the molecule is CC1CCCC(N2CC(C)C(C(=O)O)C2)C1. The van der Waals surface area contributed by atoms with E-state index >= 15 is 0 Å². The summed E-state index contributed by atoms with van der Waals surface area (Å²) in [7, 11) is 0. The Morgan fingerprint density at radius 1 is 1.25 bits per heavy atom. The second kappa shape index (κ2) is 4.74. The van der Waals surface area contributed by atoms with E-state index in [2.05, 4.69) is 18.7 Å². The summed E-state index contributed by atoms with van der Waals surface area (Å²) in [4.78, 5) is 13.5. The number of hydrogen-bond acceptors (Lipinski definition) is 2. The molecular formula is C13H23NO2. The Kier molecular flexibility index (Phi) is 3.53. The van der Waals surface area contributed by atoms with Gasteiger partial charge in [0, 0.05) is 19.1 Å². The Balaban J connectivity index is 1.94. The lowest BCUT2D eigenvalue weighted by Gasteiger charge is -2.34. The number of hydrogen-bond donors (Lipinski definition) is 1. The highest BCUT2D eigenvalue weighted by Crippen LogP contribution is 2.32. The largest absolute Gasteiger partial charge is 0.481 e. The molecule has 2 rings (SSSR count). The molecular weight excluding hydrogens is 202 g/mol. The Morgan fingerprint density at radius 2 is 2.00 bits per heavy atom. The monoisotopic (exact) mass is 225 g/mol. The fraction of sp³-hybridized carbons (Fsp3) is 0.923. The number of carbonyl (C=O) groups is 1. The highest BCUT2D eigenvalue weighted by atomic mass is 16.4. The maximum Gasteiger partial charge on any atom is 0.308 e. The first kappa shape index (κ1) is 11.9. The van der Waals surface area contributed by atoms with Crippen LogP contribution in [0.15, 0.2) is 0 Å². The first-order valence-electron chi connectivity index (χ1n) is 6.54. The van der Waals surface area contributed by atoms with Crippen LogP contribution in [0.1, 0.15) is 39.5 Å². The van der Waals surface area contributed by atoms with E-state index in [9.17, 15) is 4.79 Å². The molecule has 1 aliphatic carbocycles. The Labute approximate surface area is 97.8 Å². The van der Waals surface area contributed by atoms with Gasteiger partial charge in [0.05, 0.1) is 5.92 Å². The third-order valence-electron chi connectivity index (χ3n) is 4.38. The summed E-state index contributed by atoms with van der Waals surface area (Å²) in [6.07, 6.45) is 5.19. The molecule has 0 amide bonds. The quantitative estimate of drug-likeness (QED) is 0.783. The van der Waals surface area contributed by atoms with Gasteiger partial charge in [0.2, 0.25) is 0 Å². The lowest BCUT2D eigenvalue weighted by molar-refractivity contribution is -0.142. The van der Waals surface area contributed by atoms with E-state index in [1.807, 2.05) is 0 Å². The van der Waals surface area contributed by atoms with Gasteiger partial charge in [-0.2, -0.15) is 0 Å². The fourth-order valence-corrected chi connectivity index (χ4v) is 3.36. The van der Waals surface area contributed by atoms with E-state index in [0.717, 1.165) is 19.0 Å². The molecule has 1 saturated heterocycles. The summed E-state index contributed by atoms with van der Waals surface area (Å²) in [6.45, 7) is 6.15. The van der Waals surface area contributed by atoms with Crippen LogP contribution in [0.3, 0.4) is 0 Å². The molecule has 1 N–H and O–H groups in total. The van der Waals surface area contributed by atoms with Crippen molar-refractivity contribution in [3.05, 3.63) is 0 Å². The minimum atomic E-state index is -0.612. The van der Waals surface area contributed by atoms with Crippen LogP contribution in [0.25, 0.3) is 0 Å². The molecule has 2 fully saturated rings. The van der Waals surface area contributed by atoms with Crippen LogP contribution in [0.4, 0.5) is 0 Å². The zero-order valence-electron chi connectivity index (χ0n) is 10.4. The molecule has 1 heterocycles. The summed E-state index contributed by atoms with van der Waals surface area (Å²) in [5.41, 5.74) is 0. The number of aliphatic carboxylic acids is 1. The van der Waals surface area contributed by atoms with Crippen molar-refractivity contribution in [1.82, 2.24) is 4.90 Å². The molecule has 3 heteroatoms. The van der Waals surface area contributed by atoms with Gasteiger partial charge in [-0.05, 0) is 24.7 Å². The van der Waals surface area contributed by atoms with Crippen molar-refractivity contribution < 1.29 is 9.90 Å². The van der Waals surface area contributed by atoms with E-state index in [-0.39, 0.29) is 5.92 Å². The molecule has 16 heavy (non-hydrogen) atoms. The summed E-state index contributed by atoms with van der Waals surface area (Å²) in [6, 6.07) is 0.649. The Bertz CT molecular complexity index is 267. The highest BCUT2D eigenvalue weighted by Gasteiger charge is 2.38. The zero-order chi connectivity index (χ0) is 11.7. The maximum absolute atomic E-state index is 11.1. The smallest absolute Gasteiger partial charge is 0.308 e. The van der Waals surface area contributed by atoms with Crippen LogP contribution < -0.4 is 0 Å². The van der Waals surface area contributed by atoms with Crippen LogP contribution in [0.5, 0.6) is 0 Å². The van der Waals surface area contributed by atoms with Gasteiger partial charge < -0.3 is 5.11 Å². The topological polar surface area (TPSA) is 40.5 Å². The first-order chi connectivity index (χ1) is 7.58. The number of carboxylic acid groups (broad SMARTS) is 1. The molecule has 4 unspecified atom stereocenters. The molecule has 0 spiro atoms. The van der Waals surface area contributed by atoms with Crippen LogP contribution in [-0.4, -0.2) is 35.1 Å². The lowest BCUT2D eigenvalue weighted by Crippen LogP contribution is -2.37. The van der Waals surface area contributed by atoms with Gasteiger partial charge >= 0.3 is 5.97 Å². The van der Waals surface area contributed by atoms with Gasteiger partial charge in [0.15, 0.2) is 0 Å². The molecule has 0 aromatic heterocycles. The zero-order valence-corrected chi connectivity index (χ0v) is 10.4. The average Bonchev–Trinajstić information content (AvgIpc) is 2.60. The van der Waals surface area contributed by atoms with Crippen LogP contribution in [-0.2, 0) is 4.79 Å². The summed E-state index contributed by atoms with van der Waals surface area (Å²) < 4.78 is 0. The van der Waals surface area contributed by atoms with Gasteiger partial charge in [-0.15, -0.1) is 0 Å². The van der Waals surface area contributed by atoms with Gasteiger partial charge in [0.25, 0.3) is 0 Å². The van der Waals surface area contributed by atoms with Gasteiger partial charge in [-0.25, -0.2) is 0 Å². The molecule has 1 saturated carbocycles. The third-order valence-corrected chi connectivity index (χ3v) is 4.38. The number of likely N-dealkylation sites (tertiary alicyclic amines) is 1. The minimum absolute atomic E-state index is 0.141. The van der Waals surface area contributed by atoms with Gasteiger partial charge in [-0.1, -0.05) is 26.7 Å². The Morgan fingerprint density at radius 3 is 2.56 bits per heavy atom. The molecule has 4 atom stereocenters. The summed E-state index contributed by atoms with van der Waals surface area (Å²) in [5, 5.41) is 9.13. The van der Waals surface area contributed by atoms with E-state index < -0.39 is 5.97 Å².